The molecule has 0 spiro atoms. The van der Waals surface area contributed by atoms with E-state index in [1.54, 1.807) is 12.4 Å². The largest absolute Gasteiger partial charge is 0.352 e. The molecule has 0 aliphatic rings. The summed E-state index contributed by atoms with van der Waals surface area (Å²) in [7, 11) is 0. The Morgan fingerprint density at radius 2 is 1.43 bits per heavy atom. The summed E-state index contributed by atoms with van der Waals surface area (Å²) in [6.45, 7) is 4.55. The number of amides is 1. The molecule has 0 bridgehead atoms. The maximum atomic E-state index is 12.4. The van der Waals surface area contributed by atoms with E-state index in [4.69, 9.17) is 0 Å². The Morgan fingerprint density at radius 3 is 2.13 bits per heavy atom. The molecule has 1 aromatic heterocycles. The van der Waals surface area contributed by atoms with E-state index in [1.807, 2.05) is 30.3 Å². The molecule has 1 aromatic carbocycles. The standard InChI is InChI=1S/C26H39N3O/c1-2-3-4-5-6-7-8-9-10-11-17-29-26(30)25-14-12-13-24(20-25)22-28-21-23-15-18-27-19-16-23/h12-16,18-20,28H,2-11,17,21-22H2,1H3,(H,29,30). The van der Waals surface area contributed by atoms with Gasteiger partial charge in [0.05, 0.1) is 0 Å². The lowest BCUT2D eigenvalue weighted by Crippen LogP contribution is -2.24. The first-order chi connectivity index (χ1) is 14.8. The summed E-state index contributed by atoms with van der Waals surface area (Å²) in [5.41, 5.74) is 3.07. The molecule has 2 rings (SSSR count). The molecule has 0 unspecified atom stereocenters. The number of pyridine rings is 1. The van der Waals surface area contributed by atoms with Crippen LogP contribution >= 0.6 is 0 Å². The van der Waals surface area contributed by atoms with Crippen molar-refractivity contribution in [2.45, 2.75) is 84.2 Å². The van der Waals surface area contributed by atoms with Crippen LogP contribution < -0.4 is 10.6 Å². The molecule has 0 saturated carbocycles. The number of rotatable bonds is 16. The van der Waals surface area contributed by atoms with Crippen LogP contribution in [0.15, 0.2) is 48.8 Å². The van der Waals surface area contributed by atoms with E-state index in [1.165, 1.54) is 63.4 Å². The van der Waals surface area contributed by atoms with Gasteiger partial charge in [-0.2, -0.15) is 0 Å². The molecule has 0 fully saturated rings. The Hall–Kier alpha value is -2.20. The molecule has 2 aromatic rings. The van der Waals surface area contributed by atoms with Crippen LogP contribution in [0.5, 0.6) is 0 Å². The Kier molecular flexibility index (Phi) is 12.5. The van der Waals surface area contributed by atoms with Crippen LogP contribution in [0.1, 0.15) is 92.6 Å². The Bertz CT molecular complexity index is 702. The SMILES string of the molecule is CCCCCCCCCCCCNC(=O)c1cccc(CNCc2ccncc2)c1. The smallest absolute Gasteiger partial charge is 0.251 e. The Morgan fingerprint density at radius 1 is 0.800 bits per heavy atom. The second-order valence-electron chi connectivity index (χ2n) is 8.10. The number of hydrogen-bond acceptors (Lipinski definition) is 3. The lowest BCUT2D eigenvalue weighted by Gasteiger charge is -2.08. The number of aromatic nitrogens is 1. The van der Waals surface area contributed by atoms with Crippen molar-refractivity contribution in [2.75, 3.05) is 6.54 Å². The average molecular weight is 410 g/mol. The van der Waals surface area contributed by atoms with E-state index < -0.39 is 0 Å². The van der Waals surface area contributed by atoms with Crippen molar-refractivity contribution >= 4 is 5.91 Å². The number of benzene rings is 1. The fourth-order valence-electron chi connectivity index (χ4n) is 3.59. The Balaban J connectivity index is 1.55. The van der Waals surface area contributed by atoms with E-state index in [9.17, 15) is 4.79 Å². The number of unbranched alkanes of at least 4 members (excludes halogenated alkanes) is 9. The van der Waals surface area contributed by atoms with Crippen molar-refractivity contribution in [1.82, 2.24) is 15.6 Å². The quantitative estimate of drug-likeness (QED) is 0.333. The van der Waals surface area contributed by atoms with Crippen molar-refractivity contribution in [3.05, 3.63) is 65.5 Å². The number of carbonyl (C=O) groups is 1. The zero-order valence-electron chi connectivity index (χ0n) is 18.7. The van der Waals surface area contributed by atoms with Crippen molar-refractivity contribution in [1.29, 1.82) is 0 Å². The first-order valence-corrected chi connectivity index (χ1v) is 11.8. The van der Waals surface area contributed by atoms with Gasteiger partial charge in [0.15, 0.2) is 0 Å². The van der Waals surface area contributed by atoms with E-state index in [0.29, 0.717) is 0 Å². The van der Waals surface area contributed by atoms with Gasteiger partial charge < -0.3 is 10.6 Å². The molecular weight excluding hydrogens is 370 g/mol. The lowest BCUT2D eigenvalue weighted by molar-refractivity contribution is 0.0953. The van der Waals surface area contributed by atoms with Gasteiger partial charge in [0, 0.05) is 37.6 Å². The highest BCUT2D eigenvalue weighted by Crippen LogP contribution is 2.10. The molecule has 0 aliphatic heterocycles. The van der Waals surface area contributed by atoms with Gasteiger partial charge in [-0.3, -0.25) is 9.78 Å². The van der Waals surface area contributed by atoms with Gasteiger partial charge in [0.25, 0.3) is 5.91 Å². The second-order valence-corrected chi connectivity index (χ2v) is 8.10. The van der Waals surface area contributed by atoms with Crippen LogP contribution in [0.3, 0.4) is 0 Å². The molecule has 1 heterocycles. The van der Waals surface area contributed by atoms with Crippen molar-refractivity contribution in [2.24, 2.45) is 0 Å². The predicted molar refractivity (Wildman–Crippen MR) is 125 cm³/mol. The molecule has 164 valence electrons. The summed E-state index contributed by atoms with van der Waals surface area (Å²) in [5, 5.41) is 6.48. The summed E-state index contributed by atoms with van der Waals surface area (Å²) in [6, 6.07) is 11.9. The summed E-state index contributed by atoms with van der Waals surface area (Å²) < 4.78 is 0. The predicted octanol–water partition coefficient (Wildman–Crippen LogP) is 6.02. The van der Waals surface area contributed by atoms with E-state index in [-0.39, 0.29) is 5.91 Å². The summed E-state index contributed by atoms with van der Waals surface area (Å²) >= 11 is 0. The zero-order valence-corrected chi connectivity index (χ0v) is 18.7. The van der Waals surface area contributed by atoms with Crippen molar-refractivity contribution in [3.8, 4) is 0 Å². The molecule has 0 radical (unpaired) electrons. The first-order valence-electron chi connectivity index (χ1n) is 11.8. The van der Waals surface area contributed by atoms with Gasteiger partial charge in [-0.05, 0) is 41.8 Å². The minimum atomic E-state index is 0.0295. The van der Waals surface area contributed by atoms with Crippen molar-refractivity contribution < 1.29 is 4.79 Å². The van der Waals surface area contributed by atoms with Gasteiger partial charge in [-0.15, -0.1) is 0 Å². The third-order valence-electron chi connectivity index (χ3n) is 5.41. The monoisotopic (exact) mass is 409 g/mol. The summed E-state index contributed by atoms with van der Waals surface area (Å²) in [6.07, 6.45) is 16.7. The van der Waals surface area contributed by atoms with Crippen LogP contribution in [0, 0.1) is 0 Å². The topological polar surface area (TPSA) is 54.0 Å². The van der Waals surface area contributed by atoms with Gasteiger partial charge >= 0.3 is 0 Å². The van der Waals surface area contributed by atoms with Gasteiger partial charge in [-0.1, -0.05) is 76.8 Å². The minimum absolute atomic E-state index is 0.0295. The van der Waals surface area contributed by atoms with Crippen molar-refractivity contribution in [3.63, 3.8) is 0 Å². The molecule has 4 heteroatoms. The molecule has 2 N–H and O–H groups in total. The van der Waals surface area contributed by atoms with Crippen LogP contribution in [0.25, 0.3) is 0 Å². The fourth-order valence-corrected chi connectivity index (χ4v) is 3.59. The number of nitrogens with one attached hydrogen (secondary N) is 2. The second kappa shape index (κ2) is 15.6. The first kappa shape index (κ1) is 24.1. The van der Waals surface area contributed by atoms with Gasteiger partial charge in [0.2, 0.25) is 0 Å². The van der Waals surface area contributed by atoms with Crippen LogP contribution in [-0.2, 0) is 13.1 Å². The third-order valence-corrected chi connectivity index (χ3v) is 5.41. The average Bonchev–Trinajstić information content (AvgIpc) is 2.78. The molecule has 0 aliphatic carbocycles. The molecule has 0 saturated heterocycles. The highest BCUT2D eigenvalue weighted by atomic mass is 16.1. The lowest BCUT2D eigenvalue weighted by atomic mass is 10.1. The van der Waals surface area contributed by atoms with Crippen LogP contribution in [0.2, 0.25) is 0 Å². The number of hydrogen-bond donors (Lipinski definition) is 2. The fraction of sp³-hybridized carbons (Fsp3) is 0.538. The van der Waals surface area contributed by atoms with Crippen LogP contribution in [0.4, 0.5) is 0 Å². The highest BCUT2D eigenvalue weighted by molar-refractivity contribution is 5.94. The number of nitrogens with zero attached hydrogens (tertiary/aromatic N) is 1. The number of carbonyl (C=O) groups excluding carboxylic acids is 1. The van der Waals surface area contributed by atoms with Gasteiger partial charge in [0.1, 0.15) is 0 Å². The highest BCUT2D eigenvalue weighted by Gasteiger charge is 2.05. The minimum Gasteiger partial charge on any atom is -0.352 e. The van der Waals surface area contributed by atoms with E-state index in [0.717, 1.165) is 37.2 Å². The maximum Gasteiger partial charge on any atom is 0.251 e. The molecular formula is C26H39N3O. The van der Waals surface area contributed by atoms with E-state index >= 15 is 0 Å². The Labute approximate surface area is 182 Å². The summed E-state index contributed by atoms with van der Waals surface area (Å²) in [5.74, 6) is 0.0295. The normalized spacial score (nSPS) is 10.8. The molecule has 30 heavy (non-hydrogen) atoms. The summed E-state index contributed by atoms with van der Waals surface area (Å²) in [4.78, 5) is 16.4. The maximum absolute atomic E-state index is 12.4. The zero-order chi connectivity index (χ0) is 21.3. The molecule has 1 amide bonds. The van der Waals surface area contributed by atoms with E-state index in [2.05, 4.69) is 28.6 Å². The van der Waals surface area contributed by atoms with Gasteiger partial charge in [-0.25, -0.2) is 0 Å². The third kappa shape index (κ3) is 10.5. The van der Waals surface area contributed by atoms with Crippen LogP contribution in [-0.4, -0.2) is 17.4 Å². The molecule has 4 nitrogen and oxygen atoms in total. The molecule has 0 atom stereocenters.